The van der Waals surface area contributed by atoms with Gasteiger partial charge in [0.2, 0.25) is 15.9 Å². The van der Waals surface area contributed by atoms with E-state index in [1.54, 1.807) is 54.8 Å². The number of esters is 1. The SMILES string of the molecule is CCOC(=O)c1c(-c2ccc(C)o2)csc1NC(=O)CN1CCN(S(=O)(=O)c2ccccc2)CC1. The van der Waals surface area contributed by atoms with E-state index < -0.39 is 16.0 Å². The number of rotatable bonds is 8. The maximum Gasteiger partial charge on any atom is 0.341 e. The van der Waals surface area contributed by atoms with Gasteiger partial charge in [0.25, 0.3) is 0 Å². The van der Waals surface area contributed by atoms with E-state index in [4.69, 9.17) is 9.15 Å². The molecule has 4 rings (SSSR count). The number of carbonyl (C=O) groups excluding carboxylic acids is 2. The minimum atomic E-state index is -3.56. The van der Waals surface area contributed by atoms with Crippen molar-refractivity contribution in [3.05, 3.63) is 59.2 Å². The number of sulfonamides is 1. The second-order valence-corrected chi connectivity index (χ2v) is 10.8. The van der Waals surface area contributed by atoms with E-state index in [0.29, 0.717) is 48.3 Å². The van der Waals surface area contributed by atoms with Crippen molar-refractivity contribution in [1.29, 1.82) is 0 Å². The number of anilines is 1. The van der Waals surface area contributed by atoms with Crippen LogP contribution in [0.2, 0.25) is 0 Å². The summed E-state index contributed by atoms with van der Waals surface area (Å²) in [4.78, 5) is 27.6. The van der Waals surface area contributed by atoms with Crippen LogP contribution in [0.3, 0.4) is 0 Å². The minimum Gasteiger partial charge on any atom is -0.462 e. The number of furan rings is 1. The van der Waals surface area contributed by atoms with Crippen molar-refractivity contribution in [3.63, 3.8) is 0 Å². The Hall–Kier alpha value is -2.99. The van der Waals surface area contributed by atoms with Crippen molar-refractivity contribution < 1.29 is 27.2 Å². The second-order valence-electron chi connectivity index (χ2n) is 8.03. The first-order chi connectivity index (χ1) is 16.8. The molecular weight excluding hydrogens is 490 g/mol. The molecule has 1 amide bonds. The highest BCUT2D eigenvalue weighted by Gasteiger charge is 2.30. The summed E-state index contributed by atoms with van der Waals surface area (Å²) in [6.07, 6.45) is 0. The molecule has 0 radical (unpaired) electrons. The fraction of sp³-hybridized carbons (Fsp3) is 0.333. The summed E-state index contributed by atoms with van der Waals surface area (Å²) in [5, 5.41) is 4.97. The molecule has 2 aromatic heterocycles. The molecule has 1 N–H and O–H groups in total. The van der Waals surface area contributed by atoms with Crippen molar-refractivity contribution in [2.24, 2.45) is 0 Å². The number of ether oxygens (including phenoxy) is 1. The highest BCUT2D eigenvalue weighted by molar-refractivity contribution is 7.89. The Morgan fingerprint density at radius 3 is 2.43 bits per heavy atom. The Morgan fingerprint density at radius 1 is 1.09 bits per heavy atom. The third-order valence-corrected chi connectivity index (χ3v) is 8.42. The fourth-order valence-corrected chi connectivity index (χ4v) is 6.25. The molecule has 1 aliphatic heterocycles. The lowest BCUT2D eigenvalue weighted by molar-refractivity contribution is -0.117. The number of thiophene rings is 1. The maximum atomic E-state index is 12.8. The molecule has 0 unspecified atom stereocenters. The molecule has 0 aliphatic carbocycles. The van der Waals surface area contributed by atoms with Gasteiger partial charge in [0.1, 0.15) is 22.1 Å². The van der Waals surface area contributed by atoms with Crippen LogP contribution >= 0.6 is 11.3 Å². The largest absolute Gasteiger partial charge is 0.462 e. The number of carbonyl (C=O) groups is 2. The second kappa shape index (κ2) is 10.7. The highest BCUT2D eigenvalue weighted by Crippen LogP contribution is 2.37. The fourth-order valence-electron chi connectivity index (χ4n) is 3.86. The number of hydrogen-bond donors (Lipinski definition) is 1. The predicted octanol–water partition coefficient (Wildman–Crippen LogP) is 3.44. The van der Waals surface area contributed by atoms with Gasteiger partial charge in [0.15, 0.2) is 0 Å². The summed E-state index contributed by atoms with van der Waals surface area (Å²) in [6.45, 7) is 5.24. The first-order valence-corrected chi connectivity index (χ1v) is 13.5. The lowest BCUT2D eigenvalue weighted by atomic mass is 10.1. The zero-order valence-corrected chi connectivity index (χ0v) is 21.2. The van der Waals surface area contributed by atoms with Crippen LogP contribution in [-0.4, -0.2) is 68.8 Å². The van der Waals surface area contributed by atoms with E-state index >= 15 is 0 Å². The van der Waals surface area contributed by atoms with E-state index in [0.717, 1.165) is 0 Å². The van der Waals surface area contributed by atoms with Gasteiger partial charge < -0.3 is 14.5 Å². The highest BCUT2D eigenvalue weighted by atomic mass is 32.2. The van der Waals surface area contributed by atoms with Gasteiger partial charge >= 0.3 is 5.97 Å². The molecule has 1 aliphatic rings. The van der Waals surface area contributed by atoms with Gasteiger partial charge in [-0.1, -0.05) is 18.2 Å². The normalized spacial score (nSPS) is 15.1. The maximum absolute atomic E-state index is 12.8. The van der Waals surface area contributed by atoms with E-state index in [1.165, 1.54) is 15.6 Å². The standard InChI is InChI=1S/C24H27N3O6S2/c1-3-32-24(29)22-19(20-10-9-17(2)33-20)16-34-23(22)25-21(28)15-26-11-13-27(14-12-26)35(30,31)18-7-5-4-6-8-18/h4-10,16H,3,11-15H2,1-2H3,(H,25,28). The molecule has 11 heteroatoms. The number of piperazine rings is 1. The lowest BCUT2D eigenvalue weighted by Gasteiger charge is -2.33. The zero-order chi connectivity index (χ0) is 25.0. The van der Waals surface area contributed by atoms with Crippen LogP contribution < -0.4 is 5.32 Å². The molecule has 1 aromatic carbocycles. The smallest absolute Gasteiger partial charge is 0.341 e. The molecule has 1 fully saturated rings. The molecule has 35 heavy (non-hydrogen) atoms. The lowest BCUT2D eigenvalue weighted by Crippen LogP contribution is -2.50. The van der Waals surface area contributed by atoms with Crippen molar-refractivity contribution in [2.45, 2.75) is 18.7 Å². The van der Waals surface area contributed by atoms with Crippen LogP contribution in [0.4, 0.5) is 5.00 Å². The van der Waals surface area contributed by atoms with Gasteiger partial charge in [-0.15, -0.1) is 11.3 Å². The molecule has 1 saturated heterocycles. The van der Waals surface area contributed by atoms with Gasteiger partial charge in [-0.25, -0.2) is 13.2 Å². The third kappa shape index (κ3) is 5.64. The summed E-state index contributed by atoms with van der Waals surface area (Å²) in [5.74, 6) is 0.407. The van der Waals surface area contributed by atoms with Crippen LogP contribution in [0, 0.1) is 6.92 Å². The number of hydrogen-bond acceptors (Lipinski definition) is 8. The molecule has 3 aromatic rings. The Labute approximate surface area is 208 Å². The quantitative estimate of drug-likeness (QED) is 0.456. The molecule has 0 atom stereocenters. The summed E-state index contributed by atoms with van der Waals surface area (Å²) in [5.41, 5.74) is 0.829. The number of nitrogens with one attached hydrogen (secondary N) is 1. The molecule has 0 spiro atoms. The monoisotopic (exact) mass is 517 g/mol. The van der Waals surface area contributed by atoms with Gasteiger partial charge in [-0.05, 0) is 38.1 Å². The van der Waals surface area contributed by atoms with Crippen molar-refractivity contribution in [3.8, 4) is 11.3 Å². The van der Waals surface area contributed by atoms with Crippen LogP contribution in [0.15, 0.2) is 57.2 Å². The van der Waals surface area contributed by atoms with Gasteiger partial charge in [0, 0.05) is 37.1 Å². The molecular formula is C24H27N3O6S2. The van der Waals surface area contributed by atoms with Gasteiger partial charge in [0.05, 0.1) is 18.0 Å². The molecule has 3 heterocycles. The Bertz CT molecular complexity index is 1290. The zero-order valence-electron chi connectivity index (χ0n) is 19.5. The van der Waals surface area contributed by atoms with Gasteiger partial charge in [-0.2, -0.15) is 4.31 Å². The summed E-state index contributed by atoms with van der Waals surface area (Å²) < 4.78 is 37.9. The minimum absolute atomic E-state index is 0.0780. The number of benzene rings is 1. The Kier molecular flexibility index (Phi) is 7.70. The molecule has 0 bridgehead atoms. The van der Waals surface area contributed by atoms with Crippen LogP contribution in [0.25, 0.3) is 11.3 Å². The average Bonchev–Trinajstić information content (AvgIpc) is 3.46. The first-order valence-electron chi connectivity index (χ1n) is 11.2. The van der Waals surface area contributed by atoms with Gasteiger partial charge in [-0.3, -0.25) is 9.69 Å². The Morgan fingerprint density at radius 2 is 1.80 bits per heavy atom. The van der Waals surface area contributed by atoms with Crippen LogP contribution in [-0.2, 0) is 19.6 Å². The number of nitrogens with zero attached hydrogens (tertiary/aromatic N) is 2. The van der Waals surface area contributed by atoms with Crippen molar-refractivity contribution >= 4 is 38.2 Å². The summed E-state index contributed by atoms with van der Waals surface area (Å²) >= 11 is 1.23. The van der Waals surface area contributed by atoms with Crippen LogP contribution in [0.5, 0.6) is 0 Å². The van der Waals surface area contributed by atoms with E-state index in [2.05, 4.69) is 5.32 Å². The average molecular weight is 518 g/mol. The first kappa shape index (κ1) is 25.1. The number of aryl methyl sites for hydroxylation is 1. The Balaban J connectivity index is 1.40. The molecule has 186 valence electrons. The van der Waals surface area contributed by atoms with Crippen LogP contribution in [0.1, 0.15) is 23.0 Å². The van der Waals surface area contributed by atoms with Crippen molar-refractivity contribution in [1.82, 2.24) is 9.21 Å². The van der Waals surface area contributed by atoms with Crippen molar-refractivity contribution in [2.75, 3.05) is 44.6 Å². The molecule has 0 saturated carbocycles. The van der Waals surface area contributed by atoms with E-state index in [9.17, 15) is 18.0 Å². The molecule has 9 nitrogen and oxygen atoms in total. The predicted molar refractivity (Wildman–Crippen MR) is 133 cm³/mol. The number of amides is 1. The summed E-state index contributed by atoms with van der Waals surface area (Å²) in [7, 11) is -3.56. The topological polar surface area (TPSA) is 109 Å². The summed E-state index contributed by atoms with van der Waals surface area (Å²) in [6, 6.07) is 11.9. The third-order valence-electron chi connectivity index (χ3n) is 5.61. The van der Waals surface area contributed by atoms with E-state index in [-0.39, 0.29) is 29.5 Å². The van der Waals surface area contributed by atoms with E-state index in [1.807, 2.05) is 11.8 Å².